The average molecular weight is 359 g/mol. The van der Waals surface area contributed by atoms with Crippen LogP contribution in [0.2, 0.25) is 0 Å². The molecule has 9 heteroatoms. The summed E-state index contributed by atoms with van der Waals surface area (Å²) >= 11 is 0. The van der Waals surface area contributed by atoms with Crippen molar-refractivity contribution in [2.75, 3.05) is 5.32 Å². The van der Waals surface area contributed by atoms with Crippen LogP contribution in [0.4, 0.5) is 14.5 Å². The van der Waals surface area contributed by atoms with E-state index in [0.29, 0.717) is 10.9 Å². The van der Waals surface area contributed by atoms with Crippen LogP contribution in [-0.4, -0.2) is 22.0 Å². The van der Waals surface area contributed by atoms with E-state index in [1.807, 2.05) is 0 Å². The third-order valence-corrected chi connectivity index (χ3v) is 3.74. The summed E-state index contributed by atoms with van der Waals surface area (Å²) in [6.07, 6.45) is -2.58. The lowest BCUT2D eigenvalue weighted by atomic mass is 10.2. The molecule has 26 heavy (non-hydrogen) atoms. The molecule has 1 amide bonds. The molecule has 1 aliphatic heterocycles. The van der Waals surface area contributed by atoms with Gasteiger partial charge in [-0.2, -0.15) is 5.10 Å². The molecule has 7 nitrogen and oxygen atoms in total. The van der Waals surface area contributed by atoms with Crippen LogP contribution in [-0.2, 0) is 11.3 Å². The van der Waals surface area contributed by atoms with Gasteiger partial charge < -0.3 is 14.8 Å². The number of benzene rings is 2. The Bertz CT molecular complexity index is 1080. The first-order chi connectivity index (χ1) is 12.4. The third kappa shape index (κ3) is 2.94. The number of nitrogens with zero attached hydrogens (tertiary/aromatic N) is 2. The quantitative estimate of drug-likeness (QED) is 0.776. The summed E-state index contributed by atoms with van der Waals surface area (Å²) in [5, 5.41) is 6.98. The Balaban J connectivity index is 1.54. The number of carbonyl (C=O) groups excluding carboxylic acids is 1. The lowest BCUT2D eigenvalue weighted by molar-refractivity contribution is -0.286. The fourth-order valence-corrected chi connectivity index (χ4v) is 2.65. The van der Waals surface area contributed by atoms with Crippen LogP contribution in [0.15, 0.2) is 53.5 Å². The van der Waals surface area contributed by atoms with Gasteiger partial charge in [-0.05, 0) is 24.3 Å². The Kier molecular flexibility index (Phi) is 3.57. The summed E-state index contributed by atoms with van der Waals surface area (Å²) in [5.74, 6) is -0.724. The SMILES string of the molecule is O=C(Cn1ncc(=O)c2ccccc21)Nc1ccc2c(c1)OC(F)(F)O2. The number of para-hydroxylation sites is 1. The minimum Gasteiger partial charge on any atom is -0.395 e. The van der Waals surface area contributed by atoms with Crippen LogP contribution in [0, 0.1) is 0 Å². The van der Waals surface area contributed by atoms with Crippen molar-refractivity contribution in [3.8, 4) is 11.5 Å². The van der Waals surface area contributed by atoms with E-state index in [2.05, 4.69) is 19.9 Å². The highest BCUT2D eigenvalue weighted by Crippen LogP contribution is 2.42. The molecule has 4 rings (SSSR count). The molecule has 0 spiro atoms. The van der Waals surface area contributed by atoms with Gasteiger partial charge >= 0.3 is 6.29 Å². The van der Waals surface area contributed by atoms with E-state index in [4.69, 9.17) is 0 Å². The summed E-state index contributed by atoms with van der Waals surface area (Å²) < 4.78 is 36.1. The van der Waals surface area contributed by atoms with Gasteiger partial charge in [-0.15, -0.1) is 8.78 Å². The van der Waals surface area contributed by atoms with E-state index in [1.165, 1.54) is 22.9 Å². The van der Waals surface area contributed by atoms with Gasteiger partial charge in [0.2, 0.25) is 11.3 Å². The largest absolute Gasteiger partial charge is 0.586 e. The molecular weight excluding hydrogens is 348 g/mol. The number of carbonyl (C=O) groups is 1. The van der Waals surface area contributed by atoms with E-state index >= 15 is 0 Å². The van der Waals surface area contributed by atoms with E-state index in [9.17, 15) is 18.4 Å². The maximum atomic E-state index is 13.0. The van der Waals surface area contributed by atoms with Crippen molar-refractivity contribution in [3.63, 3.8) is 0 Å². The summed E-state index contributed by atoms with van der Waals surface area (Å²) in [6.45, 7) is -0.161. The molecule has 1 aliphatic rings. The Labute approximate surface area is 144 Å². The molecule has 0 bridgehead atoms. The van der Waals surface area contributed by atoms with Crippen molar-refractivity contribution in [1.29, 1.82) is 0 Å². The van der Waals surface area contributed by atoms with E-state index in [0.717, 1.165) is 6.20 Å². The molecule has 132 valence electrons. The average Bonchev–Trinajstić information content (AvgIpc) is 2.91. The highest BCUT2D eigenvalue weighted by molar-refractivity contribution is 5.92. The highest BCUT2D eigenvalue weighted by atomic mass is 19.3. The van der Waals surface area contributed by atoms with E-state index in [-0.39, 0.29) is 29.2 Å². The van der Waals surface area contributed by atoms with Crippen LogP contribution in [0.3, 0.4) is 0 Å². The molecule has 1 aromatic heterocycles. The lowest BCUT2D eigenvalue weighted by Gasteiger charge is -2.10. The Morgan fingerprint density at radius 1 is 1.15 bits per heavy atom. The number of hydrogen-bond donors (Lipinski definition) is 1. The van der Waals surface area contributed by atoms with Crippen LogP contribution < -0.4 is 20.2 Å². The fourth-order valence-electron chi connectivity index (χ4n) is 2.65. The Morgan fingerprint density at radius 2 is 1.92 bits per heavy atom. The number of anilines is 1. The number of aromatic nitrogens is 2. The first-order valence-corrected chi connectivity index (χ1v) is 7.56. The molecule has 0 atom stereocenters. The zero-order chi connectivity index (χ0) is 18.3. The van der Waals surface area contributed by atoms with Crippen molar-refractivity contribution in [1.82, 2.24) is 9.78 Å². The van der Waals surface area contributed by atoms with E-state index in [1.54, 1.807) is 24.3 Å². The number of ether oxygens (including phenoxy) is 2. The van der Waals surface area contributed by atoms with Crippen molar-refractivity contribution < 1.29 is 23.0 Å². The van der Waals surface area contributed by atoms with Gasteiger partial charge in [0.05, 0.1) is 11.7 Å². The molecule has 0 unspecified atom stereocenters. The smallest absolute Gasteiger partial charge is 0.395 e. The normalized spacial score (nSPS) is 14.4. The minimum atomic E-state index is -3.72. The number of alkyl halides is 2. The first kappa shape index (κ1) is 16.0. The Morgan fingerprint density at radius 3 is 2.77 bits per heavy atom. The second kappa shape index (κ2) is 5.80. The maximum absolute atomic E-state index is 13.0. The Hall–Kier alpha value is -3.49. The molecule has 0 fully saturated rings. The second-order valence-corrected chi connectivity index (χ2v) is 5.56. The first-order valence-electron chi connectivity index (χ1n) is 7.56. The van der Waals surface area contributed by atoms with Crippen LogP contribution >= 0.6 is 0 Å². The van der Waals surface area contributed by atoms with Gasteiger partial charge in [0.15, 0.2) is 11.5 Å². The molecule has 0 radical (unpaired) electrons. The summed E-state index contributed by atoms with van der Waals surface area (Å²) in [4.78, 5) is 24.1. The monoisotopic (exact) mass is 359 g/mol. The summed E-state index contributed by atoms with van der Waals surface area (Å²) in [7, 11) is 0. The highest BCUT2D eigenvalue weighted by Gasteiger charge is 2.43. The predicted octanol–water partition coefficient (Wildman–Crippen LogP) is 2.36. The van der Waals surface area contributed by atoms with Crippen LogP contribution in [0.1, 0.15) is 0 Å². The molecule has 3 aromatic rings. The standard InChI is InChI=1S/C17H11F2N3O4/c18-17(19)25-14-6-5-10(7-15(14)26-17)21-16(24)9-22-12-4-2-1-3-11(12)13(23)8-20-22/h1-8H,9H2,(H,21,24). The van der Waals surface area contributed by atoms with Gasteiger partial charge in [0.25, 0.3) is 0 Å². The fraction of sp³-hybridized carbons (Fsp3) is 0.118. The zero-order valence-corrected chi connectivity index (χ0v) is 13.1. The molecule has 0 saturated carbocycles. The van der Waals surface area contributed by atoms with Gasteiger partial charge in [-0.25, -0.2) is 0 Å². The number of rotatable bonds is 3. The predicted molar refractivity (Wildman–Crippen MR) is 87.3 cm³/mol. The molecule has 2 heterocycles. The lowest BCUT2D eigenvalue weighted by Crippen LogP contribution is -2.25. The van der Waals surface area contributed by atoms with Crippen molar-refractivity contribution in [2.45, 2.75) is 12.8 Å². The summed E-state index contributed by atoms with van der Waals surface area (Å²) in [6, 6.07) is 10.7. The number of fused-ring (bicyclic) bond motifs is 2. The number of halogens is 2. The van der Waals surface area contributed by atoms with Crippen LogP contribution in [0.5, 0.6) is 11.5 Å². The summed E-state index contributed by atoms with van der Waals surface area (Å²) in [5.41, 5.74) is 0.537. The maximum Gasteiger partial charge on any atom is 0.586 e. The van der Waals surface area contributed by atoms with Crippen molar-refractivity contribution in [3.05, 3.63) is 58.9 Å². The minimum absolute atomic E-state index is 0.110. The molecule has 0 saturated heterocycles. The van der Waals surface area contributed by atoms with Gasteiger partial charge in [0, 0.05) is 17.1 Å². The van der Waals surface area contributed by atoms with Gasteiger partial charge in [0.1, 0.15) is 6.54 Å². The second-order valence-electron chi connectivity index (χ2n) is 5.56. The molecular formula is C17H11F2N3O4. The molecule has 1 N–H and O–H groups in total. The number of amides is 1. The molecule has 0 aliphatic carbocycles. The topological polar surface area (TPSA) is 82.5 Å². The van der Waals surface area contributed by atoms with Crippen molar-refractivity contribution >= 4 is 22.5 Å². The van der Waals surface area contributed by atoms with Crippen molar-refractivity contribution in [2.24, 2.45) is 0 Å². The van der Waals surface area contributed by atoms with E-state index < -0.39 is 12.2 Å². The molecule has 2 aromatic carbocycles. The van der Waals surface area contributed by atoms with Crippen LogP contribution in [0.25, 0.3) is 10.9 Å². The zero-order valence-electron chi connectivity index (χ0n) is 13.1. The van der Waals surface area contributed by atoms with Gasteiger partial charge in [-0.3, -0.25) is 14.3 Å². The number of hydrogen-bond acceptors (Lipinski definition) is 5. The number of nitrogens with one attached hydrogen (secondary N) is 1. The van der Waals surface area contributed by atoms with Gasteiger partial charge in [-0.1, -0.05) is 12.1 Å². The third-order valence-electron chi connectivity index (χ3n) is 3.74.